The fraction of sp³-hybridized carbons (Fsp3) is 0.0606. The van der Waals surface area contributed by atoms with Gasteiger partial charge in [0.05, 0.1) is 38.7 Å². The van der Waals surface area contributed by atoms with Gasteiger partial charge in [0.2, 0.25) is 0 Å². The van der Waals surface area contributed by atoms with Crippen molar-refractivity contribution in [2.24, 2.45) is 0 Å². The molecule has 1 aliphatic rings. The minimum atomic E-state index is -0.534. The second-order valence-electron chi connectivity index (χ2n) is 9.92. The molecule has 0 fully saturated rings. The molecule has 0 unspecified atom stereocenters. The van der Waals surface area contributed by atoms with Gasteiger partial charge in [0, 0.05) is 32.8 Å². The Morgan fingerprint density at radius 1 is 0.930 bits per heavy atom. The zero-order chi connectivity index (χ0) is 30.2. The van der Waals surface area contributed by atoms with Crippen LogP contribution in [0.1, 0.15) is 38.8 Å². The van der Waals surface area contributed by atoms with Crippen molar-refractivity contribution in [3.8, 4) is 11.3 Å². The van der Waals surface area contributed by atoms with Crippen LogP contribution in [-0.4, -0.2) is 27.6 Å². The maximum Gasteiger partial charge on any atom is 0.333 e. The van der Waals surface area contributed by atoms with E-state index in [4.69, 9.17) is 27.9 Å². The van der Waals surface area contributed by atoms with E-state index in [2.05, 4.69) is 27.2 Å². The molecule has 0 saturated heterocycles. The molecule has 0 radical (unpaired) electrons. The van der Waals surface area contributed by atoms with Crippen LogP contribution in [0, 0.1) is 0 Å². The van der Waals surface area contributed by atoms with Gasteiger partial charge in [-0.1, -0.05) is 66.2 Å². The minimum absolute atomic E-state index is 0.101. The highest BCUT2D eigenvalue weighted by Crippen LogP contribution is 2.44. The largest absolute Gasteiger partial charge is 0.457 e. The number of amides is 1. The maximum atomic E-state index is 13.9. The van der Waals surface area contributed by atoms with Crippen LogP contribution in [-0.2, 0) is 16.1 Å². The van der Waals surface area contributed by atoms with Crippen molar-refractivity contribution < 1.29 is 19.1 Å². The van der Waals surface area contributed by atoms with Gasteiger partial charge in [0.1, 0.15) is 12.9 Å². The summed E-state index contributed by atoms with van der Waals surface area (Å²) in [6.45, 7) is 5.28. The van der Waals surface area contributed by atoms with Gasteiger partial charge >= 0.3 is 5.97 Å². The molecular formula is C33H22Cl2N4O4. The second-order valence-corrected chi connectivity index (χ2v) is 10.8. The molecule has 0 atom stereocenters. The molecule has 5 aromatic rings. The van der Waals surface area contributed by atoms with Crippen LogP contribution < -0.4 is 10.6 Å². The van der Waals surface area contributed by atoms with E-state index in [9.17, 15) is 14.4 Å². The second kappa shape index (κ2) is 11.3. The van der Waals surface area contributed by atoms with E-state index in [-0.39, 0.29) is 34.2 Å². The van der Waals surface area contributed by atoms with E-state index in [0.717, 1.165) is 5.56 Å². The van der Waals surface area contributed by atoms with E-state index in [1.54, 1.807) is 31.2 Å². The zero-order valence-corrected chi connectivity index (χ0v) is 24.2. The number of halogens is 2. The molecule has 4 aromatic carbocycles. The molecule has 10 heteroatoms. The molecule has 1 amide bonds. The molecule has 0 spiro atoms. The molecule has 6 rings (SSSR count). The first kappa shape index (κ1) is 28.1. The topological polar surface area (TPSA) is 110 Å². The van der Waals surface area contributed by atoms with E-state index in [1.807, 2.05) is 36.4 Å². The van der Waals surface area contributed by atoms with E-state index >= 15 is 0 Å². The Hall–Kier alpha value is -5.05. The standard InChI is InChI=1S/C33H22Cl2N4O4/c1-17(2)33(42)43-15-18-7-10-20(11-8-18)38-26-14-25(39-32(41)23-13-19(34)9-12-24(23)35)27-28-29(36-16-37-30(26)28)21-5-3-4-6-22(21)31(27)40/h3-14,16,38H,1,15H2,2H3,(H,39,41). The minimum Gasteiger partial charge on any atom is -0.457 e. The summed E-state index contributed by atoms with van der Waals surface area (Å²) in [5.74, 6) is -1.26. The zero-order valence-electron chi connectivity index (χ0n) is 22.7. The van der Waals surface area contributed by atoms with Gasteiger partial charge in [-0.05, 0) is 48.9 Å². The summed E-state index contributed by atoms with van der Waals surface area (Å²) < 4.78 is 5.23. The maximum absolute atomic E-state index is 13.9. The lowest BCUT2D eigenvalue weighted by Gasteiger charge is -2.23. The number of hydrogen-bond acceptors (Lipinski definition) is 7. The first-order valence-electron chi connectivity index (χ1n) is 13.1. The van der Waals surface area contributed by atoms with Gasteiger partial charge in [0.25, 0.3) is 5.91 Å². The SMILES string of the molecule is C=C(C)C(=O)OCc1ccc(Nc2cc(NC(=O)c3cc(Cl)ccc3Cl)c3c4c(ncnc24)-c2ccccc2C3=O)cc1. The van der Waals surface area contributed by atoms with Crippen molar-refractivity contribution in [1.29, 1.82) is 0 Å². The summed E-state index contributed by atoms with van der Waals surface area (Å²) >= 11 is 12.5. The number of nitrogens with zero attached hydrogens (tertiary/aromatic N) is 2. The molecule has 8 nitrogen and oxygen atoms in total. The quantitative estimate of drug-likeness (QED) is 0.141. The average molecular weight is 609 g/mol. The van der Waals surface area contributed by atoms with Gasteiger partial charge in [-0.15, -0.1) is 0 Å². The highest BCUT2D eigenvalue weighted by atomic mass is 35.5. The molecule has 0 aliphatic heterocycles. The van der Waals surface area contributed by atoms with Crippen LogP contribution in [0.15, 0.2) is 91.3 Å². The summed E-state index contributed by atoms with van der Waals surface area (Å²) in [7, 11) is 0. The van der Waals surface area contributed by atoms with Crippen molar-refractivity contribution in [1.82, 2.24) is 9.97 Å². The van der Waals surface area contributed by atoms with Crippen LogP contribution in [0.3, 0.4) is 0 Å². The molecule has 43 heavy (non-hydrogen) atoms. The Morgan fingerprint density at radius 3 is 2.42 bits per heavy atom. The molecular weight excluding hydrogens is 587 g/mol. The summed E-state index contributed by atoms with van der Waals surface area (Å²) in [6.07, 6.45) is 1.45. The van der Waals surface area contributed by atoms with Gasteiger partial charge in [-0.25, -0.2) is 14.8 Å². The molecule has 2 N–H and O–H groups in total. The van der Waals surface area contributed by atoms with Crippen molar-refractivity contribution in [2.75, 3.05) is 10.6 Å². The van der Waals surface area contributed by atoms with Crippen LogP contribution in [0.2, 0.25) is 10.0 Å². The first-order chi connectivity index (χ1) is 20.7. The number of rotatable bonds is 7. The molecule has 0 saturated carbocycles. The van der Waals surface area contributed by atoms with Gasteiger partial charge in [-0.3, -0.25) is 9.59 Å². The van der Waals surface area contributed by atoms with Crippen LogP contribution in [0.25, 0.3) is 22.2 Å². The smallest absolute Gasteiger partial charge is 0.333 e. The monoisotopic (exact) mass is 608 g/mol. The van der Waals surface area contributed by atoms with Crippen molar-refractivity contribution in [2.45, 2.75) is 13.5 Å². The third kappa shape index (κ3) is 5.34. The molecule has 1 aliphatic carbocycles. The van der Waals surface area contributed by atoms with E-state index in [0.29, 0.717) is 49.7 Å². The number of hydrogen-bond donors (Lipinski definition) is 2. The number of carbonyl (C=O) groups is 3. The highest BCUT2D eigenvalue weighted by Gasteiger charge is 2.31. The highest BCUT2D eigenvalue weighted by molar-refractivity contribution is 6.37. The summed E-state index contributed by atoms with van der Waals surface area (Å²) in [4.78, 5) is 48.2. The van der Waals surface area contributed by atoms with E-state index < -0.39 is 11.9 Å². The lowest BCUT2D eigenvalue weighted by atomic mass is 9.85. The number of aromatic nitrogens is 2. The van der Waals surface area contributed by atoms with Crippen LogP contribution in [0.4, 0.5) is 17.1 Å². The number of esters is 1. The third-order valence-corrected chi connectivity index (χ3v) is 7.50. The Bertz CT molecular complexity index is 1990. The fourth-order valence-electron chi connectivity index (χ4n) is 4.88. The van der Waals surface area contributed by atoms with Gasteiger partial charge in [0.15, 0.2) is 5.78 Å². The molecule has 212 valence electrons. The van der Waals surface area contributed by atoms with Gasteiger partial charge < -0.3 is 15.4 Å². The number of anilines is 3. The van der Waals surface area contributed by atoms with Crippen molar-refractivity contribution >= 4 is 68.8 Å². The van der Waals surface area contributed by atoms with Crippen molar-refractivity contribution in [3.05, 3.63) is 124 Å². The van der Waals surface area contributed by atoms with Crippen LogP contribution in [0.5, 0.6) is 0 Å². The predicted molar refractivity (Wildman–Crippen MR) is 167 cm³/mol. The van der Waals surface area contributed by atoms with Gasteiger partial charge in [-0.2, -0.15) is 0 Å². The number of fused-ring (bicyclic) bond motifs is 2. The number of ketones is 1. The average Bonchev–Trinajstić information content (AvgIpc) is 3.01. The molecule has 0 bridgehead atoms. The van der Waals surface area contributed by atoms with Crippen molar-refractivity contribution in [3.63, 3.8) is 0 Å². The Morgan fingerprint density at radius 2 is 1.67 bits per heavy atom. The predicted octanol–water partition coefficient (Wildman–Crippen LogP) is 7.76. The summed E-state index contributed by atoms with van der Waals surface area (Å²) in [5, 5.41) is 7.29. The Balaban J connectivity index is 1.44. The first-order valence-corrected chi connectivity index (χ1v) is 13.9. The number of ether oxygens (including phenoxy) is 1. The summed E-state index contributed by atoms with van der Waals surface area (Å²) in [6, 6.07) is 20.7. The van der Waals surface area contributed by atoms with Crippen LogP contribution >= 0.6 is 23.2 Å². The Labute approximate surface area is 256 Å². The lowest BCUT2D eigenvalue weighted by molar-refractivity contribution is -0.140. The fourth-order valence-corrected chi connectivity index (χ4v) is 5.25. The number of nitrogens with one attached hydrogen (secondary N) is 2. The molecule has 1 heterocycles. The third-order valence-electron chi connectivity index (χ3n) is 6.94. The van der Waals surface area contributed by atoms with E-state index in [1.165, 1.54) is 18.5 Å². The Kier molecular flexibility index (Phi) is 7.39. The summed E-state index contributed by atoms with van der Waals surface area (Å²) in [5.41, 5.74) is 5.25. The number of carbonyl (C=O) groups excluding carboxylic acids is 3. The molecule has 1 aromatic heterocycles. The normalized spacial score (nSPS) is 11.6. The number of benzene rings is 4. The lowest BCUT2D eigenvalue weighted by Crippen LogP contribution is -2.19.